The van der Waals surface area contributed by atoms with Gasteiger partial charge in [0.15, 0.2) is 11.5 Å². The van der Waals surface area contributed by atoms with E-state index >= 15 is 0 Å². The van der Waals surface area contributed by atoms with E-state index in [2.05, 4.69) is 17.0 Å². The molecule has 2 aliphatic heterocycles. The van der Waals surface area contributed by atoms with Gasteiger partial charge in [0.1, 0.15) is 13.2 Å². The van der Waals surface area contributed by atoms with Gasteiger partial charge in [-0.15, -0.1) is 0 Å². The Morgan fingerprint density at radius 2 is 1.67 bits per heavy atom. The monoisotopic (exact) mass is 268 g/mol. The maximum Gasteiger partial charge on any atom is 0.184 e. The van der Waals surface area contributed by atoms with Gasteiger partial charge in [0, 0.05) is 26.2 Å². The van der Waals surface area contributed by atoms with Crippen LogP contribution >= 0.6 is 11.8 Å². The van der Waals surface area contributed by atoms with E-state index in [1.54, 1.807) is 0 Å². The van der Waals surface area contributed by atoms with Crippen molar-refractivity contribution in [3.8, 4) is 11.5 Å². The summed E-state index contributed by atoms with van der Waals surface area (Å²) in [4.78, 5) is 2.31. The van der Waals surface area contributed by atoms with Gasteiger partial charge in [0.25, 0.3) is 0 Å². The van der Waals surface area contributed by atoms with E-state index < -0.39 is 0 Å². The molecule has 0 bridgehead atoms. The Balaban J connectivity index is 1.92. The van der Waals surface area contributed by atoms with Gasteiger partial charge in [-0.05, 0) is 30.3 Å². The van der Waals surface area contributed by atoms with Crippen LogP contribution in [-0.4, -0.2) is 43.8 Å². The Labute approximate surface area is 112 Å². The summed E-state index contributed by atoms with van der Waals surface area (Å²) >= 11 is 5.99. The molecule has 0 amide bonds. The average Bonchev–Trinajstić information content (AvgIpc) is 2.41. The van der Waals surface area contributed by atoms with Crippen LogP contribution in [0, 0.1) is 6.92 Å². The summed E-state index contributed by atoms with van der Waals surface area (Å²) in [6.07, 6.45) is 0. The number of aryl methyl sites for hydroxylation is 1. The third kappa shape index (κ3) is 2.10. The molecule has 2 aliphatic rings. The number of halogens is 1. The molecular formula is C13H17ClN2O2. The first-order valence-electron chi connectivity index (χ1n) is 6.30. The standard InChI is InChI=1S/C13H17ClN2O2/c1-10-2-3-11(13-12(10)17-8-9-18-13)15-4-6-16(14)7-5-15/h2-3H,4-9H2,1H3. The maximum absolute atomic E-state index is 5.99. The van der Waals surface area contributed by atoms with Gasteiger partial charge in [-0.2, -0.15) is 0 Å². The van der Waals surface area contributed by atoms with Gasteiger partial charge in [-0.1, -0.05) is 6.07 Å². The molecule has 18 heavy (non-hydrogen) atoms. The van der Waals surface area contributed by atoms with E-state index in [0.29, 0.717) is 13.2 Å². The third-order valence-corrected chi connectivity index (χ3v) is 3.77. The molecule has 98 valence electrons. The second kappa shape index (κ2) is 4.86. The lowest BCUT2D eigenvalue weighted by molar-refractivity contribution is 0.170. The molecule has 2 heterocycles. The fourth-order valence-corrected chi connectivity index (χ4v) is 2.58. The summed E-state index contributed by atoms with van der Waals surface area (Å²) in [6.45, 7) is 6.88. The van der Waals surface area contributed by atoms with Crippen molar-refractivity contribution in [1.29, 1.82) is 0 Å². The molecule has 4 nitrogen and oxygen atoms in total. The van der Waals surface area contributed by atoms with Crippen LogP contribution in [0.1, 0.15) is 5.56 Å². The Morgan fingerprint density at radius 1 is 1.00 bits per heavy atom. The first-order chi connectivity index (χ1) is 8.75. The number of hydrogen-bond acceptors (Lipinski definition) is 4. The number of hydrogen-bond donors (Lipinski definition) is 0. The average molecular weight is 269 g/mol. The predicted octanol–water partition coefficient (Wildman–Crippen LogP) is 2.04. The summed E-state index contributed by atoms with van der Waals surface area (Å²) in [5, 5.41) is 0. The Kier molecular flexibility index (Phi) is 3.22. The van der Waals surface area contributed by atoms with E-state index in [1.807, 2.05) is 11.3 Å². The van der Waals surface area contributed by atoms with Crippen molar-refractivity contribution in [1.82, 2.24) is 4.42 Å². The second-order valence-corrected chi connectivity index (χ2v) is 5.13. The molecule has 1 aromatic carbocycles. The van der Waals surface area contributed by atoms with Crippen LogP contribution in [0.2, 0.25) is 0 Å². The second-order valence-electron chi connectivity index (χ2n) is 4.65. The molecule has 0 unspecified atom stereocenters. The van der Waals surface area contributed by atoms with Crippen LogP contribution in [0.25, 0.3) is 0 Å². The Bertz CT molecular complexity index is 445. The van der Waals surface area contributed by atoms with E-state index in [1.165, 1.54) is 0 Å². The van der Waals surface area contributed by atoms with Crippen molar-refractivity contribution in [2.45, 2.75) is 6.92 Å². The molecule has 3 rings (SSSR count). The molecule has 0 radical (unpaired) electrons. The Morgan fingerprint density at radius 3 is 2.39 bits per heavy atom. The van der Waals surface area contributed by atoms with Crippen LogP contribution in [-0.2, 0) is 0 Å². The molecule has 0 aromatic heterocycles. The van der Waals surface area contributed by atoms with Gasteiger partial charge >= 0.3 is 0 Å². The highest BCUT2D eigenvalue weighted by atomic mass is 35.5. The smallest absolute Gasteiger partial charge is 0.184 e. The fourth-order valence-electron chi connectivity index (χ4n) is 2.43. The topological polar surface area (TPSA) is 24.9 Å². The first-order valence-corrected chi connectivity index (χ1v) is 6.64. The lowest BCUT2D eigenvalue weighted by Gasteiger charge is -2.35. The highest BCUT2D eigenvalue weighted by Gasteiger charge is 2.24. The lowest BCUT2D eigenvalue weighted by atomic mass is 10.1. The van der Waals surface area contributed by atoms with Gasteiger partial charge in [0.2, 0.25) is 0 Å². The SMILES string of the molecule is Cc1ccc(N2CCN(Cl)CC2)c2c1OCCO2. The van der Waals surface area contributed by atoms with Crippen LogP contribution in [0.15, 0.2) is 12.1 Å². The lowest BCUT2D eigenvalue weighted by Crippen LogP contribution is -2.42. The zero-order valence-electron chi connectivity index (χ0n) is 10.5. The number of rotatable bonds is 1. The van der Waals surface area contributed by atoms with E-state index in [-0.39, 0.29) is 0 Å². The molecule has 1 fully saturated rings. The normalized spacial score (nSPS) is 20.0. The van der Waals surface area contributed by atoms with Crippen molar-refractivity contribution in [2.24, 2.45) is 0 Å². The number of benzene rings is 1. The number of piperazine rings is 1. The van der Waals surface area contributed by atoms with Gasteiger partial charge in [-0.25, -0.2) is 4.42 Å². The third-order valence-electron chi connectivity index (χ3n) is 3.43. The van der Waals surface area contributed by atoms with E-state index in [0.717, 1.165) is 48.9 Å². The van der Waals surface area contributed by atoms with Crippen molar-refractivity contribution in [3.63, 3.8) is 0 Å². The zero-order chi connectivity index (χ0) is 12.5. The van der Waals surface area contributed by atoms with Gasteiger partial charge in [0.05, 0.1) is 5.69 Å². The van der Waals surface area contributed by atoms with Crippen molar-refractivity contribution in [3.05, 3.63) is 17.7 Å². The van der Waals surface area contributed by atoms with Gasteiger partial charge in [-0.3, -0.25) is 0 Å². The quantitative estimate of drug-likeness (QED) is 0.728. The summed E-state index contributed by atoms with van der Waals surface area (Å²) < 4.78 is 13.3. The molecule has 1 saturated heterocycles. The minimum Gasteiger partial charge on any atom is -0.486 e. The number of fused-ring (bicyclic) bond motifs is 1. The summed E-state index contributed by atoms with van der Waals surface area (Å²) in [7, 11) is 0. The molecule has 0 atom stereocenters. The number of ether oxygens (including phenoxy) is 2. The van der Waals surface area contributed by atoms with Crippen molar-refractivity contribution in [2.75, 3.05) is 44.3 Å². The zero-order valence-corrected chi connectivity index (χ0v) is 11.2. The van der Waals surface area contributed by atoms with E-state index in [9.17, 15) is 0 Å². The van der Waals surface area contributed by atoms with Crippen LogP contribution in [0.4, 0.5) is 5.69 Å². The minimum atomic E-state index is 0.624. The molecule has 5 heteroatoms. The molecular weight excluding hydrogens is 252 g/mol. The number of anilines is 1. The molecule has 0 spiro atoms. The molecule has 0 saturated carbocycles. The highest BCUT2D eigenvalue weighted by molar-refractivity contribution is 6.13. The molecule has 0 N–H and O–H groups in total. The summed E-state index contributed by atoms with van der Waals surface area (Å²) in [5.41, 5.74) is 2.25. The van der Waals surface area contributed by atoms with Crippen LogP contribution in [0.5, 0.6) is 11.5 Å². The first kappa shape index (κ1) is 11.9. The summed E-state index contributed by atoms with van der Waals surface area (Å²) in [5.74, 6) is 1.79. The Hall–Kier alpha value is -1.13. The van der Waals surface area contributed by atoms with Crippen molar-refractivity contribution < 1.29 is 9.47 Å². The molecule has 1 aromatic rings. The maximum atomic E-state index is 5.99. The molecule has 0 aliphatic carbocycles. The predicted molar refractivity (Wildman–Crippen MR) is 71.8 cm³/mol. The number of nitrogens with zero attached hydrogens (tertiary/aromatic N) is 2. The van der Waals surface area contributed by atoms with Crippen LogP contribution in [0.3, 0.4) is 0 Å². The fraction of sp³-hybridized carbons (Fsp3) is 0.538. The van der Waals surface area contributed by atoms with Crippen LogP contribution < -0.4 is 14.4 Å². The highest BCUT2D eigenvalue weighted by Crippen LogP contribution is 2.42. The minimum absolute atomic E-state index is 0.624. The summed E-state index contributed by atoms with van der Waals surface area (Å²) in [6, 6.07) is 4.21. The van der Waals surface area contributed by atoms with Crippen molar-refractivity contribution >= 4 is 17.5 Å². The van der Waals surface area contributed by atoms with Gasteiger partial charge < -0.3 is 14.4 Å². The largest absolute Gasteiger partial charge is 0.486 e. The van der Waals surface area contributed by atoms with E-state index in [4.69, 9.17) is 21.3 Å².